The molecular weight excluding hydrogens is 467 g/mol. The van der Waals surface area contributed by atoms with Crippen molar-refractivity contribution in [3.63, 3.8) is 0 Å². The fourth-order valence-electron chi connectivity index (χ4n) is 3.38. The maximum atomic E-state index is 13.4. The quantitative estimate of drug-likeness (QED) is 0.290. The molecule has 4 rings (SSSR count). The van der Waals surface area contributed by atoms with E-state index in [1.807, 2.05) is 24.3 Å². The molecule has 1 heterocycles. The van der Waals surface area contributed by atoms with Gasteiger partial charge in [0.15, 0.2) is 5.76 Å². The van der Waals surface area contributed by atoms with E-state index in [1.54, 1.807) is 36.4 Å². The van der Waals surface area contributed by atoms with Crippen molar-refractivity contribution in [2.75, 3.05) is 0 Å². The topological polar surface area (TPSA) is 39.4 Å². The molecule has 0 aliphatic heterocycles. The van der Waals surface area contributed by atoms with Gasteiger partial charge in [-0.05, 0) is 41.3 Å². The molecule has 3 nitrogen and oxygen atoms in total. The second-order valence-electron chi connectivity index (χ2n) is 8.58. The van der Waals surface area contributed by atoms with Crippen LogP contribution in [0.25, 0.3) is 22.3 Å². The normalized spacial score (nSPS) is 11.7. The molecule has 0 N–H and O–H groups in total. The summed E-state index contributed by atoms with van der Waals surface area (Å²) in [5, 5.41) is 1.78. The number of fused-ring (bicyclic) bond motifs is 1. The van der Waals surface area contributed by atoms with Gasteiger partial charge in [0.1, 0.15) is 12.2 Å². The predicted octanol–water partition coefficient (Wildman–Crippen LogP) is 8.30. The van der Waals surface area contributed by atoms with E-state index in [-0.39, 0.29) is 23.2 Å². The van der Waals surface area contributed by atoms with Gasteiger partial charge >= 0.3 is 0 Å². The Hall–Kier alpha value is -2.46. The van der Waals surface area contributed by atoms with Crippen molar-refractivity contribution in [1.82, 2.24) is 0 Å². The summed E-state index contributed by atoms with van der Waals surface area (Å²) < 4.78 is 12.1. The predicted molar refractivity (Wildman–Crippen MR) is 132 cm³/mol. The zero-order chi connectivity index (χ0) is 23.0. The van der Waals surface area contributed by atoms with E-state index < -0.39 is 0 Å². The largest absolute Gasteiger partial charge is 0.481 e. The van der Waals surface area contributed by atoms with E-state index in [0.29, 0.717) is 37.4 Å². The molecule has 1 aromatic heterocycles. The van der Waals surface area contributed by atoms with E-state index in [2.05, 4.69) is 20.8 Å². The Morgan fingerprint density at radius 3 is 2.19 bits per heavy atom. The van der Waals surface area contributed by atoms with Gasteiger partial charge in [-0.3, -0.25) is 4.79 Å². The van der Waals surface area contributed by atoms with Crippen LogP contribution in [0.2, 0.25) is 15.1 Å². The van der Waals surface area contributed by atoms with Crippen molar-refractivity contribution in [3.05, 3.63) is 97.1 Å². The zero-order valence-electron chi connectivity index (χ0n) is 17.8. The molecule has 0 amide bonds. The molecule has 0 radical (unpaired) electrons. The number of benzene rings is 3. The minimum Gasteiger partial charge on any atom is -0.481 e. The van der Waals surface area contributed by atoms with Gasteiger partial charge in [-0.2, -0.15) is 0 Å². The molecule has 0 saturated carbocycles. The number of ether oxygens (including phenoxy) is 1. The second-order valence-corrected chi connectivity index (χ2v) is 9.86. The average molecular weight is 488 g/mol. The van der Waals surface area contributed by atoms with E-state index in [4.69, 9.17) is 44.0 Å². The van der Waals surface area contributed by atoms with Crippen molar-refractivity contribution >= 4 is 45.8 Å². The molecule has 0 unspecified atom stereocenters. The summed E-state index contributed by atoms with van der Waals surface area (Å²) in [7, 11) is 0. The van der Waals surface area contributed by atoms with Gasteiger partial charge in [-0.1, -0.05) is 85.9 Å². The lowest BCUT2D eigenvalue weighted by atomic mass is 9.86. The molecule has 0 atom stereocenters. The lowest BCUT2D eigenvalue weighted by Crippen LogP contribution is -2.11. The van der Waals surface area contributed by atoms with Crippen LogP contribution in [0.4, 0.5) is 0 Å². The van der Waals surface area contributed by atoms with E-state index in [0.717, 1.165) is 5.56 Å². The third-order valence-corrected chi connectivity index (χ3v) is 6.03. The van der Waals surface area contributed by atoms with Crippen molar-refractivity contribution < 1.29 is 9.15 Å². The zero-order valence-corrected chi connectivity index (χ0v) is 20.1. The first kappa shape index (κ1) is 22.7. The molecule has 4 aromatic rings. The molecule has 6 heteroatoms. The van der Waals surface area contributed by atoms with Crippen LogP contribution in [0, 0.1) is 0 Å². The third-order valence-electron chi connectivity index (χ3n) is 5.21. The highest BCUT2D eigenvalue weighted by Crippen LogP contribution is 2.34. The van der Waals surface area contributed by atoms with Gasteiger partial charge in [0.25, 0.3) is 0 Å². The minimum absolute atomic E-state index is 0.00413. The number of hydrogen-bond acceptors (Lipinski definition) is 3. The van der Waals surface area contributed by atoms with Crippen LogP contribution in [0.3, 0.4) is 0 Å². The Balaban J connectivity index is 1.83. The lowest BCUT2D eigenvalue weighted by Gasteiger charge is -2.19. The van der Waals surface area contributed by atoms with Crippen molar-refractivity contribution in [1.29, 1.82) is 0 Å². The summed E-state index contributed by atoms with van der Waals surface area (Å²) in [6.07, 6.45) is 0. The van der Waals surface area contributed by atoms with E-state index in [1.165, 1.54) is 5.56 Å². The molecule has 0 spiro atoms. The molecule has 0 saturated heterocycles. The molecule has 164 valence electrons. The van der Waals surface area contributed by atoms with Gasteiger partial charge in [0.2, 0.25) is 11.2 Å². The van der Waals surface area contributed by atoms with Crippen molar-refractivity contribution in [2.24, 2.45) is 0 Å². The number of halogens is 3. The molecular formula is C26H21Cl3O3. The summed E-state index contributed by atoms with van der Waals surface area (Å²) in [4.78, 5) is 13.4. The Kier molecular flexibility index (Phi) is 6.26. The summed E-state index contributed by atoms with van der Waals surface area (Å²) >= 11 is 18.4. The highest BCUT2D eigenvalue weighted by Gasteiger charge is 2.20. The van der Waals surface area contributed by atoms with Crippen LogP contribution < -0.4 is 10.2 Å². The molecule has 0 bridgehead atoms. The molecule has 0 fully saturated rings. The molecule has 32 heavy (non-hydrogen) atoms. The first-order valence-corrected chi connectivity index (χ1v) is 11.2. The van der Waals surface area contributed by atoms with E-state index in [9.17, 15) is 4.79 Å². The maximum Gasteiger partial charge on any atom is 0.235 e. The Morgan fingerprint density at radius 1 is 0.875 bits per heavy atom. The second kappa shape index (κ2) is 8.82. The van der Waals surface area contributed by atoms with Crippen LogP contribution >= 0.6 is 34.8 Å². The average Bonchev–Trinajstić information content (AvgIpc) is 2.74. The smallest absolute Gasteiger partial charge is 0.235 e. The minimum atomic E-state index is -0.297. The molecule has 0 aliphatic carbocycles. The summed E-state index contributed by atoms with van der Waals surface area (Å²) in [5.74, 6) is 0.463. The Bertz CT molecular complexity index is 1350. The monoisotopic (exact) mass is 486 g/mol. The third kappa shape index (κ3) is 4.66. The van der Waals surface area contributed by atoms with Crippen LogP contribution in [-0.2, 0) is 12.0 Å². The maximum absolute atomic E-state index is 13.4. The standard InChI is InChI=1S/C26H21Cl3O3/c1-26(2,3)17-7-4-15(5-8-17)24-25(31-14-16-6-9-19(28)13-21(16)29)23(30)20-12-18(27)10-11-22(20)32-24/h4-13H,14H2,1-3H3. The van der Waals surface area contributed by atoms with Crippen molar-refractivity contribution in [2.45, 2.75) is 32.8 Å². The van der Waals surface area contributed by atoms with Crippen LogP contribution in [0.15, 0.2) is 69.9 Å². The summed E-state index contributed by atoms with van der Waals surface area (Å²) in [6, 6.07) is 18.0. The fraction of sp³-hybridized carbons (Fsp3) is 0.192. The highest BCUT2D eigenvalue weighted by atomic mass is 35.5. The number of hydrogen-bond donors (Lipinski definition) is 0. The van der Waals surface area contributed by atoms with E-state index >= 15 is 0 Å². The first-order chi connectivity index (χ1) is 15.1. The van der Waals surface area contributed by atoms with Gasteiger partial charge in [0.05, 0.1) is 5.39 Å². The van der Waals surface area contributed by atoms with Crippen LogP contribution in [-0.4, -0.2) is 0 Å². The van der Waals surface area contributed by atoms with Crippen molar-refractivity contribution in [3.8, 4) is 17.1 Å². The van der Waals surface area contributed by atoms with Gasteiger partial charge in [-0.15, -0.1) is 0 Å². The summed E-state index contributed by atoms with van der Waals surface area (Å²) in [6.45, 7) is 6.52. The number of rotatable bonds is 4. The molecule has 0 aliphatic rings. The Labute approximate surface area is 201 Å². The van der Waals surface area contributed by atoms with Gasteiger partial charge < -0.3 is 9.15 Å². The lowest BCUT2D eigenvalue weighted by molar-refractivity contribution is 0.298. The summed E-state index contributed by atoms with van der Waals surface area (Å²) in [5.41, 5.74) is 2.76. The van der Waals surface area contributed by atoms with Crippen LogP contribution in [0.1, 0.15) is 31.9 Å². The Morgan fingerprint density at radius 2 is 1.53 bits per heavy atom. The van der Waals surface area contributed by atoms with Gasteiger partial charge in [-0.25, -0.2) is 0 Å². The molecule has 3 aromatic carbocycles. The van der Waals surface area contributed by atoms with Gasteiger partial charge in [0, 0.05) is 26.2 Å². The highest BCUT2D eigenvalue weighted by molar-refractivity contribution is 6.35. The van der Waals surface area contributed by atoms with Crippen LogP contribution in [0.5, 0.6) is 5.75 Å². The first-order valence-electron chi connectivity index (χ1n) is 10.1. The SMILES string of the molecule is CC(C)(C)c1ccc(-c2oc3ccc(Cl)cc3c(=O)c2OCc2ccc(Cl)cc2Cl)cc1. The fourth-order valence-corrected chi connectivity index (χ4v) is 4.02.